The number of halogens is 1. The van der Waals surface area contributed by atoms with Crippen LogP contribution in [0.5, 0.6) is 5.75 Å². The lowest BCUT2D eigenvalue weighted by Gasteiger charge is -2.26. The molecule has 0 saturated carbocycles. The van der Waals surface area contributed by atoms with E-state index in [0.717, 1.165) is 38.4 Å². The Kier molecular flexibility index (Phi) is 9.99. The van der Waals surface area contributed by atoms with Gasteiger partial charge in [0.1, 0.15) is 16.5 Å². The van der Waals surface area contributed by atoms with Gasteiger partial charge in [0.2, 0.25) is 0 Å². The molecule has 0 aromatic heterocycles. The number of methoxy groups -OCH3 is 1. The Morgan fingerprint density at radius 3 is 2.29 bits per heavy atom. The van der Waals surface area contributed by atoms with Crippen LogP contribution in [0.4, 0.5) is 15.8 Å². The van der Waals surface area contributed by atoms with Gasteiger partial charge in [-0.3, -0.25) is 14.3 Å². The summed E-state index contributed by atoms with van der Waals surface area (Å²) in [5.41, 5.74) is 3.08. The van der Waals surface area contributed by atoms with Gasteiger partial charge in [0.15, 0.2) is 0 Å². The molecule has 1 aliphatic heterocycles. The number of hydrogen-bond donors (Lipinski definition) is 3. The normalized spacial score (nSPS) is 13.2. The van der Waals surface area contributed by atoms with Gasteiger partial charge in [0.05, 0.1) is 12.8 Å². The van der Waals surface area contributed by atoms with Gasteiger partial charge in [-0.05, 0) is 91.1 Å². The second kappa shape index (κ2) is 14.3. The molecule has 234 valence electrons. The van der Waals surface area contributed by atoms with Crippen LogP contribution in [0.2, 0.25) is 0 Å². The number of hydrogen-bond acceptors (Lipinski definition) is 6. The van der Waals surface area contributed by atoms with Gasteiger partial charge in [-0.2, -0.15) is 0 Å². The second-order valence-electron chi connectivity index (χ2n) is 10.7. The van der Waals surface area contributed by atoms with E-state index in [0.29, 0.717) is 34.6 Å². The molecular weight excluding hydrogens is 595 g/mol. The number of nitrogens with zero attached hydrogens (tertiary/aromatic N) is 1. The van der Waals surface area contributed by atoms with Crippen molar-refractivity contribution < 1.29 is 27.1 Å². The minimum atomic E-state index is -4.08. The van der Waals surface area contributed by atoms with Gasteiger partial charge >= 0.3 is 0 Å². The number of carbonyl (C=O) groups is 2. The number of piperidine rings is 1. The van der Waals surface area contributed by atoms with Crippen LogP contribution in [0.25, 0.3) is 11.1 Å². The zero-order valence-corrected chi connectivity index (χ0v) is 25.7. The highest BCUT2D eigenvalue weighted by Crippen LogP contribution is 2.32. The smallest absolute Gasteiger partial charge is 0.265 e. The summed E-state index contributed by atoms with van der Waals surface area (Å²) < 4.78 is 48.6. The molecule has 4 aromatic carbocycles. The van der Waals surface area contributed by atoms with Crippen LogP contribution in [-0.2, 0) is 10.0 Å². The maximum atomic E-state index is 13.6. The van der Waals surface area contributed by atoms with Crippen LogP contribution in [0.1, 0.15) is 40.0 Å². The molecule has 3 N–H and O–H groups in total. The van der Waals surface area contributed by atoms with E-state index in [4.69, 9.17) is 4.74 Å². The second-order valence-corrected chi connectivity index (χ2v) is 12.3. The number of rotatable bonds is 11. The van der Waals surface area contributed by atoms with Crippen molar-refractivity contribution in [1.82, 2.24) is 10.2 Å². The third-order valence-corrected chi connectivity index (χ3v) is 8.88. The predicted molar refractivity (Wildman–Crippen MR) is 173 cm³/mol. The molecule has 45 heavy (non-hydrogen) atoms. The van der Waals surface area contributed by atoms with Crippen LogP contribution < -0.4 is 20.1 Å². The number of anilines is 2. The summed E-state index contributed by atoms with van der Waals surface area (Å²) in [4.78, 5) is 27.1. The van der Waals surface area contributed by atoms with Gasteiger partial charge in [0.25, 0.3) is 21.8 Å². The molecule has 11 heteroatoms. The summed E-state index contributed by atoms with van der Waals surface area (Å²) in [6.45, 7) is 2.10. The van der Waals surface area contributed by atoms with E-state index >= 15 is 0 Å². The molecule has 5 rings (SSSR count). The van der Waals surface area contributed by atoms with Crippen LogP contribution in [-0.4, -0.2) is 58.4 Å². The van der Waals surface area contributed by atoms with Crippen LogP contribution in [0, 0.1) is 5.82 Å². The highest BCUT2D eigenvalue weighted by Gasteiger charge is 2.22. The topological polar surface area (TPSA) is 117 Å². The summed E-state index contributed by atoms with van der Waals surface area (Å²) in [6.07, 6.45) is 3.11. The summed E-state index contributed by atoms with van der Waals surface area (Å²) in [6, 6.07) is 24.3. The van der Waals surface area contributed by atoms with Gasteiger partial charge in [-0.25, -0.2) is 12.8 Å². The van der Waals surface area contributed by atoms with Crippen molar-refractivity contribution in [3.05, 3.63) is 108 Å². The van der Waals surface area contributed by atoms with Crippen molar-refractivity contribution in [3.63, 3.8) is 0 Å². The molecular formula is C34H35FN4O5S. The van der Waals surface area contributed by atoms with E-state index in [1.165, 1.54) is 31.4 Å². The van der Waals surface area contributed by atoms with E-state index in [-0.39, 0.29) is 28.7 Å². The molecule has 4 aromatic rings. The molecule has 1 aliphatic rings. The Balaban J connectivity index is 1.27. The Morgan fingerprint density at radius 2 is 1.51 bits per heavy atom. The van der Waals surface area contributed by atoms with E-state index < -0.39 is 21.7 Å². The Morgan fingerprint density at radius 1 is 0.800 bits per heavy atom. The Labute approximate surface area is 262 Å². The lowest BCUT2D eigenvalue weighted by Crippen LogP contribution is -2.35. The molecule has 0 spiro atoms. The number of benzene rings is 4. The van der Waals surface area contributed by atoms with Crippen LogP contribution in [0.15, 0.2) is 95.9 Å². The number of likely N-dealkylation sites (tertiary alicyclic amines) is 1. The fraction of sp³-hybridized carbons (Fsp3) is 0.235. The van der Waals surface area contributed by atoms with Crippen LogP contribution >= 0.6 is 0 Å². The number of sulfonamides is 1. The quantitative estimate of drug-likeness (QED) is 0.181. The van der Waals surface area contributed by atoms with Gasteiger partial charge in [0, 0.05) is 43.0 Å². The zero-order chi connectivity index (χ0) is 31.8. The maximum Gasteiger partial charge on any atom is 0.265 e. The summed E-state index contributed by atoms with van der Waals surface area (Å²) in [7, 11) is -2.68. The number of carbonyl (C=O) groups excluding carboxylic acids is 2. The Bertz CT molecular complexity index is 1790. The van der Waals surface area contributed by atoms with E-state index in [1.54, 1.807) is 54.6 Å². The molecule has 1 heterocycles. The average Bonchev–Trinajstić information content (AvgIpc) is 3.06. The first-order chi connectivity index (χ1) is 21.7. The standard InChI is InChI=1S/C34H35FN4O5S/c1-44-31-15-14-25(24-8-5-10-27(20-24)34(41)39-18-3-2-4-19-39)22-32(31)45(42,43)38-30-13-7-12-29(23-30)36-16-17-37-33(40)26-9-6-11-28(35)21-26/h5-15,20-23,36,38H,2-4,16-19H2,1H3,(H,37,40). The molecule has 2 amide bonds. The predicted octanol–water partition coefficient (Wildman–Crippen LogP) is 5.77. The van der Waals surface area contributed by atoms with E-state index in [2.05, 4.69) is 15.4 Å². The molecule has 1 fully saturated rings. The molecule has 0 radical (unpaired) electrons. The SMILES string of the molecule is COc1ccc(-c2cccc(C(=O)N3CCCCC3)c2)cc1S(=O)(=O)Nc1cccc(NCCNC(=O)c2cccc(F)c2)c1. The van der Waals surface area contributed by atoms with Gasteiger partial charge in [-0.15, -0.1) is 0 Å². The van der Waals surface area contributed by atoms with Crippen molar-refractivity contribution in [2.75, 3.05) is 43.3 Å². The van der Waals surface area contributed by atoms with Crippen molar-refractivity contribution >= 4 is 33.2 Å². The third kappa shape index (κ3) is 7.98. The molecule has 0 unspecified atom stereocenters. The largest absolute Gasteiger partial charge is 0.495 e. The van der Waals surface area contributed by atoms with Gasteiger partial charge < -0.3 is 20.3 Å². The Hall–Kier alpha value is -4.90. The molecule has 0 bridgehead atoms. The number of ether oxygens (including phenoxy) is 1. The molecule has 9 nitrogen and oxygen atoms in total. The minimum Gasteiger partial charge on any atom is -0.495 e. The number of amides is 2. The fourth-order valence-corrected chi connectivity index (χ4v) is 6.44. The minimum absolute atomic E-state index is 0.0259. The van der Waals surface area contributed by atoms with E-state index in [9.17, 15) is 22.4 Å². The van der Waals surface area contributed by atoms with Gasteiger partial charge in [-0.1, -0.05) is 30.3 Å². The van der Waals surface area contributed by atoms with E-state index in [1.807, 2.05) is 11.0 Å². The molecule has 0 aliphatic carbocycles. The highest BCUT2D eigenvalue weighted by atomic mass is 32.2. The summed E-state index contributed by atoms with van der Waals surface area (Å²) in [5.74, 6) is -0.732. The van der Waals surface area contributed by atoms with Crippen molar-refractivity contribution in [1.29, 1.82) is 0 Å². The monoisotopic (exact) mass is 630 g/mol. The lowest BCUT2D eigenvalue weighted by molar-refractivity contribution is 0.0724. The maximum absolute atomic E-state index is 13.6. The lowest BCUT2D eigenvalue weighted by atomic mass is 10.0. The molecule has 1 saturated heterocycles. The fourth-order valence-electron chi connectivity index (χ4n) is 5.20. The first-order valence-electron chi connectivity index (χ1n) is 14.7. The van der Waals surface area contributed by atoms with Crippen molar-refractivity contribution in [2.45, 2.75) is 24.2 Å². The first-order valence-corrected chi connectivity index (χ1v) is 16.2. The summed E-state index contributed by atoms with van der Waals surface area (Å²) in [5, 5.41) is 5.85. The zero-order valence-electron chi connectivity index (χ0n) is 24.9. The van der Waals surface area contributed by atoms with Crippen molar-refractivity contribution in [2.24, 2.45) is 0 Å². The first kappa shape index (κ1) is 31.5. The average molecular weight is 631 g/mol. The third-order valence-electron chi connectivity index (χ3n) is 7.48. The van der Waals surface area contributed by atoms with Crippen molar-refractivity contribution in [3.8, 4) is 16.9 Å². The number of nitrogens with one attached hydrogen (secondary N) is 3. The molecule has 0 atom stereocenters. The highest BCUT2D eigenvalue weighted by molar-refractivity contribution is 7.92. The van der Waals surface area contributed by atoms with Crippen LogP contribution in [0.3, 0.4) is 0 Å². The summed E-state index contributed by atoms with van der Waals surface area (Å²) >= 11 is 0.